The normalized spacial score (nSPS) is 15.3. The number of anilines is 2. The Kier molecular flexibility index (Phi) is 4.12. The Hall–Kier alpha value is -2.24. The van der Waals surface area contributed by atoms with Crippen molar-refractivity contribution < 1.29 is 14.3 Å². The molecule has 0 heterocycles. The number of hydrogen-bond donors (Lipinski definition) is 3. The number of ether oxygens (including phenoxy) is 1. The number of nitrogen functional groups attached to an aromatic ring is 1. The van der Waals surface area contributed by atoms with Gasteiger partial charge in [0.1, 0.15) is 6.04 Å². The van der Waals surface area contributed by atoms with Crippen molar-refractivity contribution in [2.75, 3.05) is 18.2 Å². The molecule has 1 atom stereocenters. The molecule has 6 heteroatoms. The van der Waals surface area contributed by atoms with E-state index in [1.54, 1.807) is 25.1 Å². The lowest BCUT2D eigenvalue weighted by molar-refractivity contribution is -0.121. The number of carbonyl (C=O) groups excluding carboxylic acids is 2. The van der Waals surface area contributed by atoms with Crippen LogP contribution in [0.4, 0.5) is 11.4 Å². The minimum Gasteiger partial charge on any atom is -0.465 e. The van der Waals surface area contributed by atoms with E-state index in [0.29, 0.717) is 23.0 Å². The Balaban J connectivity index is 2.14. The lowest BCUT2D eigenvalue weighted by atomic mass is 10.1. The number of methoxy groups -OCH3 is 1. The number of benzene rings is 1. The van der Waals surface area contributed by atoms with Crippen LogP contribution in [0.1, 0.15) is 30.1 Å². The summed E-state index contributed by atoms with van der Waals surface area (Å²) in [5.41, 5.74) is 7.02. The highest BCUT2D eigenvalue weighted by Crippen LogP contribution is 2.25. The van der Waals surface area contributed by atoms with Crippen molar-refractivity contribution in [1.82, 2.24) is 5.32 Å². The van der Waals surface area contributed by atoms with Gasteiger partial charge in [0, 0.05) is 6.04 Å². The maximum Gasteiger partial charge on any atom is 0.340 e. The third-order valence-electron chi connectivity index (χ3n) is 3.18. The van der Waals surface area contributed by atoms with Crippen molar-refractivity contribution in [2.45, 2.75) is 31.8 Å². The molecule has 0 aromatic heterocycles. The second-order valence-corrected chi connectivity index (χ2v) is 4.91. The molecule has 4 N–H and O–H groups in total. The van der Waals surface area contributed by atoms with E-state index >= 15 is 0 Å². The van der Waals surface area contributed by atoms with Crippen LogP contribution in [0.15, 0.2) is 18.2 Å². The zero-order chi connectivity index (χ0) is 14.7. The van der Waals surface area contributed by atoms with Crippen LogP contribution in [0.2, 0.25) is 0 Å². The van der Waals surface area contributed by atoms with Gasteiger partial charge in [-0.2, -0.15) is 0 Å². The number of hydrogen-bond acceptors (Lipinski definition) is 5. The van der Waals surface area contributed by atoms with E-state index in [-0.39, 0.29) is 5.91 Å². The fourth-order valence-corrected chi connectivity index (χ4v) is 1.85. The molecular formula is C14H19N3O3. The van der Waals surface area contributed by atoms with Crippen molar-refractivity contribution in [1.29, 1.82) is 0 Å². The number of nitrogens with two attached hydrogens (primary N) is 1. The summed E-state index contributed by atoms with van der Waals surface area (Å²) in [5, 5.41) is 5.89. The van der Waals surface area contributed by atoms with Crippen molar-refractivity contribution in [3.63, 3.8) is 0 Å². The van der Waals surface area contributed by atoms with Crippen LogP contribution >= 0.6 is 0 Å². The molecule has 1 aromatic carbocycles. The number of carbonyl (C=O) groups is 2. The van der Waals surface area contributed by atoms with E-state index in [4.69, 9.17) is 10.5 Å². The first-order chi connectivity index (χ1) is 9.52. The number of amides is 1. The Morgan fingerprint density at radius 2 is 2.10 bits per heavy atom. The van der Waals surface area contributed by atoms with Crippen LogP contribution in [0, 0.1) is 0 Å². The Labute approximate surface area is 117 Å². The van der Waals surface area contributed by atoms with Gasteiger partial charge in [-0.25, -0.2) is 4.79 Å². The van der Waals surface area contributed by atoms with E-state index in [9.17, 15) is 9.59 Å². The fraction of sp³-hybridized carbons (Fsp3) is 0.429. The molecule has 0 aliphatic heterocycles. The Morgan fingerprint density at radius 1 is 1.40 bits per heavy atom. The molecular weight excluding hydrogens is 258 g/mol. The van der Waals surface area contributed by atoms with E-state index in [1.807, 2.05) is 0 Å². The Morgan fingerprint density at radius 3 is 2.70 bits per heavy atom. The average Bonchev–Trinajstić information content (AvgIpc) is 3.23. The van der Waals surface area contributed by atoms with E-state index in [1.165, 1.54) is 7.11 Å². The minimum absolute atomic E-state index is 0.105. The lowest BCUT2D eigenvalue weighted by Gasteiger charge is -2.18. The van der Waals surface area contributed by atoms with Crippen molar-refractivity contribution >= 4 is 23.3 Å². The highest BCUT2D eigenvalue weighted by atomic mass is 16.5. The lowest BCUT2D eigenvalue weighted by Crippen LogP contribution is -2.39. The summed E-state index contributed by atoms with van der Waals surface area (Å²) in [6, 6.07) is 4.75. The smallest absolute Gasteiger partial charge is 0.340 e. The second-order valence-electron chi connectivity index (χ2n) is 4.91. The molecule has 108 valence electrons. The molecule has 0 spiro atoms. The summed E-state index contributed by atoms with van der Waals surface area (Å²) in [4.78, 5) is 23.6. The molecule has 1 unspecified atom stereocenters. The van der Waals surface area contributed by atoms with Gasteiger partial charge in [0.25, 0.3) is 0 Å². The molecule has 0 saturated heterocycles. The van der Waals surface area contributed by atoms with Gasteiger partial charge in [0.2, 0.25) is 5.91 Å². The molecule has 1 amide bonds. The molecule has 1 saturated carbocycles. The number of nitrogens with one attached hydrogen (secondary N) is 2. The molecule has 1 aliphatic rings. The van der Waals surface area contributed by atoms with E-state index < -0.39 is 12.0 Å². The number of rotatable bonds is 5. The molecule has 1 fully saturated rings. The third-order valence-corrected chi connectivity index (χ3v) is 3.18. The van der Waals surface area contributed by atoms with Crippen molar-refractivity contribution in [3.05, 3.63) is 23.8 Å². The molecule has 0 bridgehead atoms. The third kappa shape index (κ3) is 3.20. The SMILES string of the molecule is COC(=O)c1cccc(N)c1NC(C)C(=O)NC1CC1. The molecule has 2 rings (SSSR count). The van der Waals surface area contributed by atoms with Gasteiger partial charge >= 0.3 is 5.97 Å². The number of para-hydroxylation sites is 1. The molecule has 0 radical (unpaired) electrons. The monoisotopic (exact) mass is 277 g/mol. The van der Waals surface area contributed by atoms with Crippen LogP contribution in [0.5, 0.6) is 0 Å². The van der Waals surface area contributed by atoms with Gasteiger partial charge in [0.05, 0.1) is 24.0 Å². The van der Waals surface area contributed by atoms with Crippen molar-refractivity contribution in [3.8, 4) is 0 Å². The summed E-state index contributed by atoms with van der Waals surface area (Å²) in [7, 11) is 1.30. The maximum absolute atomic E-state index is 11.9. The average molecular weight is 277 g/mol. The first-order valence-electron chi connectivity index (χ1n) is 6.56. The molecule has 1 aliphatic carbocycles. The van der Waals surface area contributed by atoms with Gasteiger partial charge in [-0.15, -0.1) is 0 Å². The van der Waals surface area contributed by atoms with Gasteiger partial charge < -0.3 is 21.1 Å². The predicted octanol–water partition coefficient (Wildman–Crippen LogP) is 1.13. The summed E-state index contributed by atoms with van der Waals surface area (Å²) in [6.45, 7) is 1.73. The van der Waals surface area contributed by atoms with Gasteiger partial charge in [0.15, 0.2) is 0 Å². The van der Waals surface area contributed by atoms with Crippen LogP contribution in [0.3, 0.4) is 0 Å². The largest absolute Gasteiger partial charge is 0.465 e. The summed E-state index contributed by atoms with van der Waals surface area (Å²) in [6.07, 6.45) is 2.05. The predicted molar refractivity (Wildman–Crippen MR) is 76.4 cm³/mol. The molecule has 20 heavy (non-hydrogen) atoms. The zero-order valence-electron chi connectivity index (χ0n) is 11.6. The standard InChI is InChI=1S/C14H19N3O3/c1-8(13(18)17-9-6-7-9)16-12-10(14(19)20-2)4-3-5-11(12)15/h3-5,8-9,16H,6-7,15H2,1-2H3,(H,17,18). The van der Waals surface area contributed by atoms with Gasteiger partial charge in [-0.05, 0) is 31.9 Å². The first kappa shape index (κ1) is 14.2. The maximum atomic E-state index is 11.9. The second kappa shape index (κ2) is 5.81. The topological polar surface area (TPSA) is 93.4 Å². The summed E-state index contributed by atoms with van der Waals surface area (Å²) < 4.78 is 4.71. The van der Waals surface area contributed by atoms with Gasteiger partial charge in [-0.1, -0.05) is 6.07 Å². The van der Waals surface area contributed by atoms with Crippen LogP contribution in [-0.2, 0) is 9.53 Å². The van der Waals surface area contributed by atoms with E-state index in [0.717, 1.165) is 12.8 Å². The molecule has 6 nitrogen and oxygen atoms in total. The van der Waals surface area contributed by atoms with Crippen LogP contribution < -0.4 is 16.4 Å². The van der Waals surface area contributed by atoms with Crippen molar-refractivity contribution in [2.24, 2.45) is 0 Å². The fourth-order valence-electron chi connectivity index (χ4n) is 1.85. The first-order valence-corrected chi connectivity index (χ1v) is 6.56. The number of esters is 1. The molecule has 1 aromatic rings. The summed E-state index contributed by atoms with van der Waals surface area (Å²) >= 11 is 0. The summed E-state index contributed by atoms with van der Waals surface area (Å²) in [5.74, 6) is -0.596. The van der Waals surface area contributed by atoms with Gasteiger partial charge in [-0.3, -0.25) is 4.79 Å². The highest BCUT2D eigenvalue weighted by Gasteiger charge is 2.26. The quantitative estimate of drug-likeness (QED) is 0.554. The zero-order valence-corrected chi connectivity index (χ0v) is 11.6. The Bertz CT molecular complexity index is 526. The van der Waals surface area contributed by atoms with Crippen LogP contribution in [0.25, 0.3) is 0 Å². The van der Waals surface area contributed by atoms with E-state index in [2.05, 4.69) is 10.6 Å². The van der Waals surface area contributed by atoms with Crippen LogP contribution in [-0.4, -0.2) is 31.1 Å². The minimum atomic E-state index is -0.491. The highest BCUT2D eigenvalue weighted by molar-refractivity contribution is 6.00.